The first-order chi connectivity index (χ1) is 23.8. The number of hydrogen-bond donors (Lipinski definition) is 1. The van der Waals surface area contributed by atoms with Gasteiger partial charge in [-0.1, -0.05) is 48.0 Å². The van der Waals surface area contributed by atoms with Crippen molar-refractivity contribution in [3.63, 3.8) is 0 Å². The lowest BCUT2D eigenvalue weighted by Crippen LogP contribution is -2.39. The number of carbonyl (C=O) groups excluding carboxylic acids is 4. The van der Waals surface area contributed by atoms with E-state index in [0.717, 1.165) is 29.9 Å². The zero-order chi connectivity index (χ0) is 33.8. The van der Waals surface area contributed by atoms with Gasteiger partial charge in [0.25, 0.3) is 0 Å². The second-order valence-corrected chi connectivity index (χ2v) is 13.4. The highest BCUT2D eigenvalue weighted by atomic mass is 16.5. The maximum absolute atomic E-state index is 14.3. The van der Waals surface area contributed by atoms with Crippen molar-refractivity contribution in [3.8, 4) is 11.5 Å². The van der Waals surface area contributed by atoms with Gasteiger partial charge in [-0.3, -0.25) is 24.1 Å². The van der Waals surface area contributed by atoms with Crippen LogP contribution in [0.2, 0.25) is 0 Å². The topological polar surface area (TPSA) is 113 Å². The van der Waals surface area contributed by atoms with Crippen LogP contribution < -0.4 is 14.5 Å². The summed E-state index contributed by atoms with van der Waals surface area (Å²) in [5.74, 6) is -3.23. The van der Waals surface area contributed by atoms with Gasteiger partial charge in [-0.15, -0.1) is 0 Å². The molecule has 5 aliphatic rings. The van der Waals surface area contributed by atoms with Crippen LogP contribution in [0, 0.1) is 17.8 Å². The third-order valence-electron chi connectivity index (χ3n) is 10.6. The Hall–Kier alpha value is -5.28. The van der Waals surface area contributed by atoms with Gasteiger partial charge >= 0.3 is 0 Å². The number of ketones is 2. The van der Waals surface area contributed by atoms with Gasteiger partial charge in [0.15, 0.2) is 11.6 Å². The predicted octanol–water partition coefficient (Wildman–Crippen LogP) is 5.44. The van der Waals surface area contributed by atoms with Crippen LogP contribution >= 0.6 is 0 Å². The molecular formula is C40H36N2O7. The number of nitrogens with zero attached hydrogens (tertiary/aromatic N) is 2. The Labute approximate surface area is 284 Å². The summed E-state index contributed by atoms with van der Waals surface area (Å²) in [6.07, 6.45) is 3.81. The highest BCUT2D eigenvalue weighted by Crippen LogP contribution is 2.56. The number of rotatable bonds is 6. The number of imide groups is 1. The summed E-state index contributed by atoms with van der Waals surface area (Å²) >= 11 is 0. The third-order valence-corrected chi connectivity index (χ3v) is 10.6. The first kappa shape index (κ1) is 31.0. The number of allylic oxidation sites excluding steroid dienone is 6. The molecule has 3 aromatic rings. The summed E-state index contributed by atoms with van der Waals surface area (Å²) in [5, 5.41) is 11.4. The highest BCUT2D eigenvalue weighted by molar-refractivity contribution is 6.25. The Morgan fingerprint density at radius 3 is 2.35 bits per heavy atom. The van der Waals surface area contributed by atoms with E-state index < -0.39 is 23.7 Å². The molecule has 49 heavy (non-hydrogen) atoms. The van der Waals surface area contributed by atoms with E-state index in [-0.39, 0.29) is 35.6 Å². The Bertz CT molecular complexity index is 1970. The van der Waals surface area contributed by atoms with Crippen LogP contribution in [0.3, 0.4) is 0 Å². The molecule has 9 nitrogen and oxygen atoms in total. The van der Waals surface area contributed by atoms with Crippen LogP contribution in [-0.4, -0.2) is 54.8 Å². The molecule has 3 aliphatic carbocycles. The van der Waals surface area contributed by atoms with Crippen molar-refractivity contribution in [3.05, 3.63) is 118 Å². The van der Waals surface area contributed by atoms with Gasteiger partial charge in [0.05, 0.1) is 30.7 Å². The minimum atomic E-state index is -0.747. The van der Waals surface area contributed by atoms with Crippen LogP contribution in [0.4, 0.5) is 11.4 Å². The van der Waals surface area contributed by atoms with Gasteiger partial charge in [-0.25, -0.2) is 0 Å². The highest BCUT2D eigenvalue weighted by Gasteiger charge is 2.56. The van der Waals surface area contributed by atoms with Gasteiger partial charge in [-0.05, 0) is 67.7 Å². The van der Waals surface area contributed by atoms with E-state index in [9.17, 15) is 24.3 Å². The Balaban J connectivity index is 1.13. The van der Waals surface area contributed by atoms with E-state index in [4.69, 9.17) is 9.47 Å². The SMILES string of the molecule is CC1=CC(=O)C2=C(C1=O)[C@@H](c1ccc(OCc3ccccc3)cc1O)C1=CC[C@@H]3C(=O)N(c4ccc(N5CCOCC5)cc4)C(=O)[C@@H]3[C@@H]1C2. The molecule has 0 radical (unpaired) electrons. The second kappa shape index (κ2) is 12.3. The van der Waals surface area contributed by atoms with Crippen molar-refractivity contribution in [2.24, 2.45) is 17.8 Å². The lowest BCUT2D eigenvalue weighted by atomic mass is 9.59. The smallest absolute Gasteiger partial charge is 0.238 e. The summed E-state index contributed by atoms with van der Waals surface area (Å²) < 4.78 is 11.4. The number of phenolic OH excluding ortho intramolecular Hbond substituents is 1. The van der Waals surface area contributed by atoms with Gasteiger partial charge < -0.3 is 19.5 Å². The summed E-state index contributed by atoms with van der Waals surface area (Å²) in [6.45, 7) is 4.79. The number of aromatic hydroxyl groups is 1. The quantitative estimate of drug-likeness (QED) is 0.212. The first-order valence-electron chi connectivity index (χ1n) is 16.8. The summed E-state index contributed by atoms with van der Waals surface area (Å²) in [5.41, 5.74) is 4.76. The number of benzene rings is 3. The number of hydrogen-bond acceptors (Lipinski definition) is 8. The zero-order valence-electron chi connectivity index (χ0n) is 27.1. The number of amides is 2. The van der Waals surface area contributed by atoms with Crippen LogP contribution in [0.25, 0.3) is 0 Å². The van der Waals surface area contributed by atoms with Crippen LogP contribution in [0.15, 0.2) is 107 Å². The number of ether oxygens (including phenoxy) is 2. The number of carbonyl (C=O) groups is 4. The Morgan fingerprint density at radius 2 is 1.61 bits per heavy atom. The Morgan fingerprint density at radius 1 is 0.878 bits per heavy atom. The van der Waals surface area contributed by atoms with Crippen LogP contribution in [0.1, 0.15) is 36.8 Å². The maximum atomic E-state index is 14.3. The van der Waals surface area contributed by atoms with E-state index in [1.807, 2.05) is 60.7 Å². The molecule has 0 aromatic heterocycles. The van der Waals surface area contributed by atoms with E-state index in [0.29, 0.717) is 60.0 Å². The molecule has 248 valence electrons. The van der Waals surface area contributed by atoms with Crippen molar-refractivity contribution in [1.29, 1.82) is 0 Å². The van der Waals surface area contributed by atoms with E-state index in [1.165, 1.54) is 17.0 Å². The average Bonchev–Trinajstić information content (AvgIpc) is 3.39. The molecule has 9 heteroatoms. The molecule has 2 aliphatic heterocycles. The van der Waals surface area contributed by atoms with Gasteiger partial charge in [0.2, 0.25) is 11.8 Å². The minimum absolute atomic E-state index is 0.0747. The largest absolute Gasteiger partial charge is 0.507 e. The van der Waals surface area contributed by atoms with Crippen LogP contribution in [-0.2, 0) is 30.5 Å². The van der Waals surface area contributed by atoms with Gasteiger partial charge in [0, 0.05) is 53.0 Å². The maximum Gasteiger partial charge on any atom is 0.238 e. The summed E-state index contributed by atoms with van der Waals surface area (Å²) in [6, 6.07) is 22.2. The molecule has 2 heterocycles. The second-order valence-electron chi connectivity index (χ2n) is 13.4. The van der Waals surface area contributed by atoms with E-state index in [2.05, 4.69) is 4.90 Å². The number of fused-ring (bicyclic) bond motifs is 3. The number of morpholine rings is 1. The van der Waals surface area contributed by atoms with Crippen molar-refractivity contribution < 1.29 is 33.8 Å². The van der Waals surface area contributed by atoms with Crippen molar-refractivity contribution in [1.82, 2.24) is 0 Å². The van der Waals surface area contributed by atoms with Crippen molar-refractivity contribution in [2.45, 2.75) is 32.3 Å². The molecule has 2 amide bonds. The third kappa shape index (κ3) is 5.29. The molecule has 0 saturated carbocycles. The normalized spacial score (nSPS) is 25.1. The molecule has 2 fully saturated rings. The number of Topliss-reactive ketones (excluding diaryl/α,β-unsaturated/α-hetero) is 1. The molecule has 0 bridgehead atoms. The van der Waals surface area contributed by atoms with Gasteiger partial charge in [-0.2, -0.15) is 0 Å². The minimum Gasteiger partial charge on any atom is -0.507 e. The van der Waals surface area contributed by atoms with Crippen LogP contribution in [0.5, 0.6) is 11.5 Å². The monoisotopic (exact) mass is 656 g/mol. The van der Waals surface area contributed by atoms with E-state index in [1.54, 1.807) is 19.1 Å². The standard InChI is InChI=1S/C40H36N2O7/c1-23-19-33(43)32-21-31-28(35(37(32)38(23)45)29-12-11-27(20-34(29)44)49-22-24-5-3-2-4-6-24)13-14-30-36(31)40(47)42(39(30)46)26-9-7-25(8-10-26)41-15-17-48-18-16-41/h2-13,19-20,30-31,35-36,44H,14-18,21-22H2,1H3/t30-,31+,35+,36-/m0/s1. The molecular weight excluding hydrogens is 620 g/mol. The predicted molar refractivity (Wildman–Crippen MR) is 182 cm³/mol. The van der Waals surface area contributed by atoms with Gasteiger partial charge in [0.1, 0.15) is 18.1 Å². The molecule has 0 spiro atoms. The zero-order valence-corrected chi connectivity index (χ0v) is 27.1. The fraction of sp³-hybridized carbons (Fsp3) is 0.300. The Kier molecular flexibility index (Phi) is 7.79. The molecule has 4 atom stereocenters. The lowest BCUT2D eigenvalue weighted by Gasteiger charge is -2.42. The fourth-order valence-corrected chi connectivity index (χ4v) is 8.20. The van der Waals surface area contributed by atoms with E-state index >= 15 is 0 Å². The molecule has 0 unspecified atom stereocenters. The summed E-state index contributed by atoms with van der Waals surface area (Å²) in [4.78, 5) is 59.0. The van der Waals surface area contributed by atoms with Crippen molar-refractivity contribution in [2.75, 3.05) is 36.1 Å². The molecule has 8 rings (SSSR count). The first-order valence-corrected chi connectivity index (χ1v) is 16.8. The summed E-state index contributed by atoms with van der Waals surface area (Å²) in [7, 11) is 0. The van der Waals surface area contributed by atoms with Crippen molar-refractivity contribution >= 4 is 34.8 Å². The fourth-order valence-electron chi connectivity index (χ4n) is 8.20. The number of phenols is 1. The molecule has 3 aromatic carbocycles. The molecule has 1 N–H and O–H groups in total. The lowest BCUT2D eigenvalue weighted by molar-refractivity contribution is -0.123. The number of anilines is 2. The molecule has 2 saturated heterocycles. The average molecular weight is 657 g/mol.